The fraction of sp³-hybridized carbons (Fsp3) is 0.455. The molecule has 1 N–H and O–H groups in total. The van der Waals surface area contributed by atoms with Crippen molar-refractivity contribution < 1.29 is 31.4 Å². The number of hydrogen-bond acceptors (Lipinski definition) is 3. The van der Waals surface area contributed by atoms with Gasteiger partial charge >= 0.3 is 0 Å². The highest BCUT2D eigenvalue weighted by Crippen LogP contribution is 2.27. The number of rotatable bonds is 3. The van der Waals surface area contributed by atoms with Crippen LogP contribution in [0.4, 0.5) is 27.6 Å². The van der Waals surface area contributed by atoms with Crippen molar-refractivity contribution in [3.05, 3.63) is 29.1 Å². The smallest absolute Gasteiger partial charge is 0.200 e. The van der Waals surface area contributed by atoms with Gasteiger partial charge in [-0.1, -0.05) is 0 Å². The molecule has 0 aliphatic carbocycles. The summed E-state index contributed by atoms with van der Waals surface area (Å²) >= 11 is 0. The maximum absolute atomic E-state index is 13.3. The van der Waals surface area contributed by atoms with Crippen molar-refractivity contribution in [1.82, 2.24) is 0 Å². The molecular formula is C11H10F5NO2. The molecule has 8 heteroatoms. The highest BCUT2D eigenvalue weighted by molar-refractivity contribution is 5.47. The van der Waals surface area contributed by atoms with E-state index >= 15 is 0 Å². The number of benzene rings is 1. The van der Waals surface area contributed by atoms with Crippen molar-refractivity contribution in [2.24, 2.45) is 0 Å². The number of ether oxygens (including phenoxy) is 2. The van der Waals surface area contributed by atoms with Crippen LogP contribution in [0.1, 0.15) is 0 Å². The van der Waals surface area contributed by atoms with Gasteiger partial charge in [-0.2, -0.15) is 0 Å². The third kappa shape index (κ3) is 2.79. The predicted molar refractivity (Wildman–Crippen MR) is 55.3 cm³/mol. The highest BCUT2D eigenvalue weighted by atomic mass is 19.2. The molecule has 3 nitrogen and oxygen atoms in total. The first-order chi connectivity index (χ1) is 9.02. The Morgan fingerprint density at radius 3 is 2.00 bits per heavy atom. The summed E-state index contributed by atoms with van der Waals surface area (Å²) in [5.74, 6) is -9.94. The largest absolute Gasteiger partial charge is 0.377 e. The Morgan fingerprint density at radius 1 is 0.895 bits per heavy atom. The van der Waals surface area contributed by atoms with E-state index in [9.17, 15) is 22.0 Å². The summed E-state index contributed by atoms with van der Waals surface area (Å²) in [7, 11) is 0. The zero-order valence-corrected chi connectivity index (χ0v) is 9.61. The van der Waals surface area contributed by atoms with Crippen molar-refractivity contribution >= 4 is 5.69 Å². The first kappa shape index (κ1) is 14.0. The molecular weight excluding hydrogens is 273 g/mol. The van der Waals surface area contributed by atoms with Gasteiger partial charge in [0.2, 0.25) is 5.82 Å². The minimum Gasteiger partial charge on any atom is -0.377 e. The topological polar surface area (TPSA) is 30.5 Å². The minimum atomic E-state index is -2.18. The van der Waals surface area contributed by atoms with Crippen molar-refractivity contribution in [3.8, 4) is 0 Å². The van der Waals surface area contributed by atoms with Gasteiger partial charge < -0.3 is 14.8 Å². The molecule has 1 aliphatic rings. The molecule has 19 heavy (non-hydrogen) atoms. The number of halogens is 5. The molecule has 1 fully saturated rings. The second-order valence-electron chi connectivity index (χ2n) is 3.89. The lowest BCUT2D eigenvalue weighted by molar-refractivity contribution is -0.0819. The van der Waals surface area contributed by atoms with Crippen LogP contribution in [0.5, 0.6) is 0 Å². The summed E-state index contributed by atoms with van der Waals surface area (Å²) in [6.45, 7) is 0.767. The van der Waals surface area contributed by atoms with E-state index < -0.39 is 40.9 Å². The molecule has 0 bridgehead atoms. The number of anilines is 1. The van der Waals surface area contributed by atoms with E-state index in [4.69, 9.17) is 9.47 Å². The monoisotopic (exact) mass is 283 g/mol. The molecule has 1 atom stereocenters. The Bertz CT molecular complexity index is 448. The summed E-state index contributed by atoms with van der Waals surface area (Å²) in [6, 6.07) is 0. The average Bonchev–Trinajstić information content (AvgIpc) is 2.44. The molecule has 2 rings (SSSR count). The third-order valence-corrected chi connectivity index (χ3v) is 2.60. The van der Waals surface area contributed by atoms with Gasteiger partial charge in [0.25, 0.3) is 0 Å². The molecule has 1 saturated heterocycles. The van der Waals surface area contributed by atoms with Gasteiger partial charge in [0, 0.05) is 6.54 Å². The molecule has 1 aliphatic heterocycles. The fourth-order valence-corrected chi connectivity index (χ4v) is 1.63. The first-order valence-corrected chi connectivity index (χ1v) is 5.47. The van der Waals surface area contributed by atoms with E-state index in [0.717, 1.165) is 0 Å². The Morgan fingerprint density at radius 2 is 1.47 bits per heavy atom. The zero-order valence-electron chi connectivity index (χ0n) is 9.61. The SMILES string of the molecule is Fc1c(F)c(F)c(NCC2COCCO2)c(F)c1F. The first-order valence-electron chi connectivity index (χ1n) is 5.47. The zero-order chi connectivity index (χ0) is 14.0. The molecule has 106 valence electrons. The molecule has 1 aromatic carbocycles. The third-order valence-electron chi connectivity index (χ3n) is 2.60. The molecule has 0 saturated carbocycles. The van der Waals surface area contributed by atoms with Gasteiger partial charge in [-0.05, 0) is 0 Å². The van der Waals surface area contributed by atoms with Gasteiger partial charge in [-0.3, -0.25) is 0 Å². The Hall–Kier alpha value is -1.41. The van der Waals surface area contributed by atoms with Crippen LogP contribution < -0.4 is 5.32 Å². The van der Waals surface area contributed by atoms with Crippen LogP contribution in [-0.4, -0.2) is 32.5 Å². The predicted octanol–water partition coefficient (Wildman–Crippen LogP) is 2.21. The van der Waals surface area contributed by atoms with E-state index in [1.165, 1.54) is 0 Å². The molecule has 0 spiro atoms. The van der Waals surface area contributed by atoms with Crippen LogP contribution in [-0.2, 0) is 9.47 Å². The summed E-state index contributed by atoms with van der Waals surface area (Å²) in [5.41, 5.74) is -1.06. The minimum absolute atomic E-state index is 0.127. The van der Waals surface area contributed by atoms with E-state index in [-0.39, 0.29) is 13.2 Å². The van der Waals surface area contributed by atoms with Crippen LogP contribution in [0, 0.1) is 29.1 Å². The van der Waals surface area contributed by atoms with E-state index in [1.807, 2.05) is 0 Å². The normalized spacial score (nSPS) is 19.5. The Kier molecular flexibility index (Phi) is 4.20. The number of nitrogens with one attached hydrogen (secondary N) is 1. The summed E-state index contributed by atoms with van der Waals surface area (Å²) in [6.07, 6.45) is -0.510. The lowest BCUT2D eigenvalue weighted by Gasteiger charge is -2.23. The summed E-state index contributed by atoms with van der Waals surface area (Å²) in [4.78, 5) is 0. The molecule has 1 heterocycles. The fourth-order valence-electron chi connectivity index (χ4n) is 1.63. The van der Waals surface area contributed by atoms with E-state index in [1.54, 1.807) is 0 Å². The maximum atomic E-state index is 13.3. The van der Waals surface area contributed by atoms with Crippen LogP contribution in [0.15, 0.2) is 0 Å². The standard InChI is InChI=1S/C11H10F5NO2/c12-6-7(13)9(15)11(10(16)8(6)14)17-3-5-4-18-1-2-19-5/h5,17H,1-4H2. The van der Waals surface area contributed by atoms with Crippen LogP contribution in [0.3, 0.4) is 0 Å². The molecule has 0 amide bonds. The van der Waals surface area contributed by atoms with Gasteiger partial charge in [0.15, 0.2) is 23.3 Å². The van der Waals surface area contributed by atoms with Crippen molar-refractivity contribution in [3.63, 3.8) is 0 Å². The van der Waals surface area contributed by atoms with Gasteiger partial charge in [-0.25, -0.2) is 22.0 Å². The Balaban J connectivity index is 2.15. The molecule has 0 aromatic heterocycles. The lowest BCUT2D eigenvalue weighted by Crippen LogP contribution is -2.34. The number of hydrogen-bond donors (Lipinski definition) is 1. The summed E-state index contributed by atoms with van der Waals surface area (Å²) in [5, 5.41) is 2.16. The molecule has 1 aromatic rings. The van der Waals surface area contributed by atoms with Crippen molar-refractivity contribution in [2.75, 3.05) is 31.7 Å². The van der Waals surface area contributed by atoms with Gasteiger partial charge in [-0.15, -0.1) is 0 Å². The second kappa shape index (κ2) is 5.70. The van der Waals surface area contributed by atoms with Crippen molar-refractivity contribution in [1.29, 1.82) is 0 Å². The highest BCUT2D eigenvalue weighted by Gasteiger charge is 2.26. The van der Waals surface area contributed by atoms with Gasteiger partial charge in [0.1, 0.15) is 5.69 Å². The average molecular weight is 283 g/mol. The quantitative estimate of drug-likeness (QED) is 0.524. The molecule has 0 radical (unpaired) electrons. The van der Waals surface area contributed by atoms with Crippen molar-refractivity contribution in [2.45, 2.75) is 6.10 Å². The summed E-state index contributed by atoms with van der Waals surface area (Å²) < 4.78 is 75.4. The van der Waals surface area contributed by atoms with Crippen LogP contribution >= 0.6 is 0 Å². The van der Waals surface area contributed by atoms with Gasteiger partial charge in [0.05, 0.1) is 25.9 Å². The van der Waals surface area contributed by atoms with E-state index in [0.29, 0.717) is 13.2 Å². The Labute approximate surface area is 105 Å². The lowest BCUT2D eigenvalue weighted by atomic mass is 10.2. The van der Waals surface area contributed by atoms with Crippen LogP contribution in [0.2, 0.25) is 0 Å². The van der Waals surface area contributed by atoms with Crippen LogP contribution in [0.25, 0.3) is 0 Å². The molecule has 1 unspecified atom stereocenters. The second-order valence-corrected chi connectivity index (χ2v) is 3.89. The van der Waals surface area contributed by atoms with E-state index in [2.05, 4.69) is 5.32 Å². The maximum Gasteiger partial charge on any atom is 0.200 e.